The molecule has 3 aromatic rings. The van der Waals surface area contributed by atoms with Gasteiger partial charge in [0.1, 0.15) is 0 Å². The topological polar surface area (TPSA) is 106 Å². The van der Waals surface area contributed by atoms with Crippen LogP contribution in [0.3, 0.4) is 0 Å². The second-order valence-corrected chi connectivity index (χ2v) is 4.96. The molecule has 0 saturated heterocycles. The van der Waals surface area contributed by atoms with Crippen molar-refractivity contribution >= 4 is 11.8 Å². The molecule has 8 nitrogen and oxygen atoms in total. The van der Waals surface area contributed by atoms with Gasteiger partial charge in [-0.2, -0.15) is 0 Å². The van der Waals surface area contributed by atoms with Crippen molar-refractivity contribution in [2.24, 2.45) is 0 Å². The Labute approximate surface area is 131 Å². The Hall–Kier alpha value is -3.16. The van der Waals surface area contributed by atoms with E-state index in [-0.39, 0.29) is 17.1 Å². The lowest BCUT2D eigenvalue weighted by molar-refractivity contribution is 0.0698. The Morgan fingerprint density at radius 2 is 2.13 bits per heavy atom. The summed E-state index contributed by atoms with van der Waals surface area (Å²) in [5, 5.41) is 24.1. The number of hydrogen-bond acceptors (Lipinski definition) is 6. The first-order chi connectivity index (χ1) is 11.1. The summed E-state index contributed by atoms with van der Waals surface area (Å²) >= 11 is 0. The molecule has 0 aliphatic heterocycles. The summed E-state index contributed by atoms with van der Waals surface area (Å²) in [6.45, 7) is 2.83. The molecule has 1 aromatic carbocycles. The number of carbonyl (C=O) groups is 1. The lowest BCUT2D eigenvalue weighted by atomic mass is 10.1. The fraction of sp³-hybridized carbons (Fsp3) is 0.200. The molecule has 0 saturated carbocycles. The molecule has 0 bridgehead atoms. The minimum Gasteiger partial charge on any atom is -0.477 e. The maximum Gasteiger partial charge on any atom is 0.343 e. The van der Waals surface area contributed by atoms with Gasteiger partial charge in [0.25, 0.3) is 0 Å². The van der Waals surface area contributed by atoms with Gasteiger partial charge in [-0.05, 0) is 6.92 Å². The van der Waals surface area contributed by atoms with Crippen LogP contribution in [0, 0.1) is 6.92 Å². The first kappa shape index (κ1) is 14.8. The van der Waals surface area contributed by atoms with Gasteiger partial charge in [0.05, 0.1) is 12.2 Å². The molecule has 2 heterocycles. The third-order valence-electron chi connectivity index (χ3n) is 3.23. The van der Waals surface area contributed by atoms with Crippen molar-refractivity contribution in [2.75, 3.05) is 11.9 Å². The minimum atomic E-state index is -1.09. The molecule has 2 N–H and O–H groups in total. The van der Waals surface area contributed by atoms with Crippen LogP contribution in [0.1, 0.15) is 16.1 Å². The molecule has 0 fully saturated rings. The van der Waals surface area contributed by atoms with Crippen LogP contribution in [-0.2, 0) is 6.54 Å². The van der Waals surface area contributed by atoms with E-state index in [1.807, 2.05) is 25.1 Å². The Bertz CT molecular complexity index is 810. The van der Waals surface area contributed by atoms with Crippen LogP contribution >= 0.6 is 0 Å². The maximum atomic E-state index is 11.5. The van der Waals surface area contributed by atoms with E-state index in [0.29, 0.717) is 18.7 Å². The first-order valence-electron chi connectivity index (χ1n) is 7.04. The molecule has 0 unspecified atom stereocenters. The van der Waals surface area contributed by atoms with E-state index in [1.165, 1.54) is 0 Å². The van der Waals surface area contributed by atoms with Crippen molar-refractivity contribution in [1.82, 2.24) is 20.2 Å². The summed E-state index contributed by atoms with van der Waals surface area (Å²) in [6.07, 6.45) is 1.80. The smallest absolute Gasteiger partial charge is 0.343 e. The number of rotatable bonds is 6. The second kappa shape index (κ2) is 6.30. The van der Waals surface area contributed by atoms with Crippen LogP contribution in [0.15, 0.2) is 41.1 Å². The van der Waals surface area contributed by atoms with E-state index >= 15 is 0 Å². The van der Waals surface area contributed by atoms with Gasteiger partial charge in [0.2, 0.25) is 0 Å². The standard InChI is InChI=1S/C15H15N5O3/c1-10-9-20(19-17-10)8-7-16-14-12(15(21)22)13(23-18-14)11-5-3-2-4-6-11/h2-6,9H,7-8H2,1H3,(H,16,18)(H,21,22). The monoisotopic (exact) mass is 313 g/mol. The summed E-state index contributed by atoms with van der Waals surface area (Å²) < 4.78 is 6.89. The maximum absolute atomic E-state index is 11.5. The average Bonchev–Trinajstić information content (AvgIpc) is 3.15. The molecule has 8 heteroatoms. The number of nitrogens with one attached hydrogen (secondary N) is 1. The van der Waals surface area contributed by atoms with Crippen molar-refractivity contribution in [3.05, 3.63) is 47.8 Å². The predicted molar refractivity (Wildman–Crippen MR) is 82.1 cm³/mol. The second-order valence-electron chi connectivity index (χ2n) is 4.96. The zero-order chi connectivity index (χ0) is 16.2. The van der Waals surface area contributed by atoms with Crippen molar-refractivity contribution in [3.63, 3.8) is 0 Å². The van der Waals surface area contributed by atoms with Crippen LogP contribution < -0.4 is 5.32 Å². The fourth-order valence-electron chi connectivity index (χ4n) is 2.19. The van der Waals surface area contributed by atoms with Crippen molar-refractivity contribution in [1.29, 1.82) is 0 Å². The van der Waals surface area contributed by atoms with Gasteiger partial charge in [0.15, 0.2) is 17.1 Å². The number of aryl methyl sites for hydroxylation is 1. The highest BCUT2D eigenvalue weighted by atomic mass is 16.5. The third kappa shape index (κ3) is 3.20. The Kier molecular flexibility index (Phi) is 4.05. The molecule has 2 aromatic heterocycles. The molecule has 0 atom stereocenters. The van der Waals surface area contributed by atoms with Gasteiger partial charge in [0, 0.05) is 18.3 Å². The zero-order valence-electron chi connectivity index (χ0n) is 12.4. The van der Waals surface area contributed by atoms with E-state index in [0.717, 1.165) is 5.69 Å². The molecule has 3 rings (SSSR count). The van der Waals surface area contributed by atoms with Gasteiger partial charge < -0.3 is 14.9 Å². The van der Waals surface area contributed by atoms with Crippen LogP contribution in [0.2, 0.25) is 0 Å². The Morgan fingerprint density at radius 3 is 2.78 bits per heavy atom. The SMILES string of the molecule is Cc1cn(CCNc2noc(-c3ccccc3)c2C(=O)O)nn1. The summed E-state index contributed by atoms with van der Waals surface area (Å²) in [5.74, 6) is -0.658. The number of nitrogens with zero attached hydrogens (tertiary/aromatic N) is 4. The fourth-order valence-corrected chi connectivity index (χ4v) is 2.19. The molecular weight excluding hydrogens is 298 g/mol. The van der Waals surface area contributed by atoms with E-state index < -0.39 is 5.97 Å². The molecule has 23 heavy (non-hydrogen) atoms. The molecule has 118 valence electrons. The summed E-state index contributed by atoms with van der Waals surface area (Å²) in [6, 6.07) is 9.01. The number of hydrogen-bond donors (Lipinski definition) is 2. The highest BCUT2D eigenvalue weighted by Gasteiger charge is 2.23. The first-order valence-corrected chi connectivity index (χ1v) is 7.04. The lowest BCUT2D eigenvalue weighted by Crippen LogP contribution is -2.13. The quantitative estimate of drug-likeness (QED) is 0.717. The van der Waals surface area contributed by atoms with Crippen molar-refractivity contribution in [3.8, 4) is 11.3 Å². The number of carboxylic acid groups (broad SMARTS) is 1. The lowest BCUT2D eigenvalue weighted by Gasteiger charge is -2.03. The number of carboxylic acids is 1. The molecule has 0 spiro atoms. The van der Waals surface area contributed by atoms with Crippen LogP contribution in [-0.4, -0.2) is 37.8 Å². The van der Waals surface area contributed by atoms with E-state index in [1.54, 1.807) is 23.0 Å². The Balaban J connectivity index is 1.77. The molecule has 0 aliphatic carbocycles. The number of aromatic nitrogens is 4. The number of anilines is 1. The van der Waals surface area contributed by atoms with Gasteiger partial charge in [-0.25, -0.2) is 4.79 Å². The number of benzene rings is 1. The average molecular weight is 313 g/mol. The third-order valence-corrected chi connectivity index (χ3v) is 3.23. The zero-order valence-corrected chi connectivity index (χ0v) is 12.4. The minimum absolute atomic E-state index is 0.0194. The van der Waals surface area contributed by atoms with Crippen LogP contribution in [0.25, 0.3) is 11.3 Å². The van der Waals surface area contributed by atoms with E-state index in [9.17, 15) is 9.90 Å². The highest BCUT2D eigenvalue weighted by Crippen LogP contribution is 2.29. The van der Waals surface area contributed by atoms with Crippen molar-refractivity contribution < 1.29 is 14.4 Å². The largest absolute Gasteiger partial charge is 0.477 e. The highest BCUT2D eigenvalue weighted by molar-refractivity contribution is 5.99. The van der Waals surface area contributed by atoms with Gasteiger partial charge in [-0.15, -0.1) is 5.10 Å². The normalized spacial score (nSPS) is 10.7. The van der Waals surface area contributed by atoms with Crippen LogP contribution in [0.5, 0.6) is 0 Å². The molecule has 0 amide bonds. The summed E-state index contributed by atoms with van der Waals surface area (Å²) in [4.78, 5) is 11.5. The molecular formula is C15H15N5O3. The van der Waals surface area contributed by atoms with E-state index in [4.69, 9.17) is 4.52 Å². The summed E-state index contributed by atoms with van der Waals surface area (Å²) in [5.41, 5.74) is 1.51. The molecule has 0 radical (unpaired) electrons. The van der Waals surface area contributed by atoms with Crippen molar-refractivity contribution in [2.45, 2.75) is 13.5 Å². The molecule has 0 aliphatic rings. The Morgan fingerprint density at radius 1 is 1.35 bits per heavy atom. The number of aromatic carboxylic acids is 1. The van der Waals surface area contributed by atoms with Crippen LogP contribution in [0.4, 0.5) is 5.82 Å². The van der Waals surface area contributed by atoms with Gasteiger partial charge in [-0.3, -0.25) is 4.68 Å². The van der Waals surface area contributed by atoms with E-state index in [2.05, 4.69) is 20.8 Å². The predicted octanol–water partition coefficient (Wildman–Crippen LogP) is 2.05. The van der Waals surface area contributed by atoms with Gasteiger partial charge in [-0.1, -0.05) is 40.7 Å². The van der Waals surface area contributed by atoms with Gasteiger partial charge >= 0.3 is 5.97 Å². The summed E-state index contributed by atoms with van der Waals surface area (Å²) in [7, 11) is 0.